The number of H-pyrrole nitrogens is 1. The molecular weight excluding hydrogens is 448 g/mol. The summed E-state index contributed by atoms with van der Waals surface area (Å²) in [6.45, 7) is 5.28. The third-order valence-corrected chi connectivity index (χ3v) is 5.19. The topological polar surface area (TPSA) is 58.2 Å². The normalized spacial score (nSPS) is 12.0. The molecule has 0 saturated carbocycles. The molecule has 1 aromatic carbocycles. The second kappa shape index (κ2) is 6.55. The fraction of sp³-hybridized carbons (Fsp3) is 0.294. The minimum atomic E-state index is -0.676. The molecule has 138 valence electrons. The van der Waals surface area contributed by atoms with Crippen molar-refractivity contribution in [2.24, 2.45) is 0 Å². The summed E-state index contributed by atoms with van der Waals surface area (Å²) < 4.78 is 20.7. The van der Waals surface area contributed by atoms with E-state index < -0.39 is 17.5 Å². The Hall–Kier alpha value is -1.57. The molecule has 3 rings (SSSR count). The van der Waals surface area contributed by atoms with E-state index in [4.69, 9.17) is 27.9 Å². The number of carbonyl (C=O) groups is 1. The van der Waals surface area contributed by atoms with Crippen molar-refractivity contribution in [1.29, 1.82) is 0 Å². The molecule has 1 amide bonds. The monoisotopic (exact) mass is 461 g/mol. The molecular formula is C17H15BrCl2FN3O2. The number of rotatable bonds is 1. The third kappa shape index (κ3) is 3.23. The lowest BCUT2D eigenvalue weighted by atomic mass is 10.1. The highest BCUT2D eigenvalue weighted by Gasteiger charge is 2.26. The Kier molecular flexibility index (Phi) is 4.83. The van der Waals surface area contributed by atoms with Crippen LogP contribution in [-0.4, -0.2) is 28.7 Å². The largest absolute Gasteiger partial charge is 0.443 e. The van der Waals surface area contributed by atoms with Crippen LogP contribution in [-0.2, 0) is 4.74 Å². The molecule has 0 aliphatic carbocycles. The van der Waals surface area contributed by atoms with E-state index in [1.54, 1.807) is 20.8 Å². The summed E-state index contributed by atoms with van der Waals surface area (Å²) in [4.78, 5) is 20.9. The number of halogens is 4. The Morgan fingerprint density at radius 2 is 2.00 bits per heavy atom. The van der Waals surface area contributed by atoms with Crippen LogP contribution in [0.2, 0.25) is 10.0 Å². The number of aromatic nitrogens is 2. The van der Waals surface area contributed by atoms with Gasteiger partial charge in [0, 0.05) is 24.0 Å². The summed E-state index contributed by atoms with van der Waals surface area (Å²) in [5.41, 5.74) is 0.409. The zero-order valence-electron chi connectivity index (χ0n) is 14.4. The van der Waals surface area contributed by atoms with E-state index in [2.05, 4.69) is 25.9 Å². The van der Waals surface area contributed by atoms with E-state index in [-0.39, 0.29) is 10.4 Å². The Morgan fingerprint density at radius 1 is 1.35 bits per heavy atom. The number of amides is 1. The fourth-order valence-electron chi connectivity index (χ4n) is 2.57. The van der Waals surface area contributed by atoms with Crippen LogP contribution in [0.1, 0.15) is 20.8 Å². The van der Waals surface area contributed by atoms with Crippen LogP contribution in [0.5, 0.6) is 0 Å². The van der Waals surface area contributed by atoms with Crippen molar-refractivity contribution in [1.82, 2.24) is 9.97 Å². The molecule has 1 N–H and O–H groups in total. The van der Waals surface area contributed by atoms with Crippen LogP contribution in [0.4, 0.5) is 14.9 Å². The van der Waals surface area contributed by atoms with E-state index in [9.17, 15) is 9.18 Å². The predicted molar refractivity (Wildman–Crippen MR) is 106 cm³/mol. The number of ether oxygens (including phenoxy) is 1. The summed E-state index contributed by atoms with van der Waals surface area (Å²) in [6.07, 6.45) is 0.914. The van der Waals surface area contributed by atoms with E-state index in [1.165, 1.54) is 24.2 Å². The van der Waals surface area contributed by atoms with E-state index in [0.29, 0.717) is 31.7 Å². The lowest BCUT2D eigenvalue weighted by molar-refractivity contribution is 0.0589. The molecule has 9 heteroatoms. The van der Waals surface area contributed by atoms with Crippen molar-refractivity contribution < 1.29 is 13.9 Å². The van der Waals surface area contributed by atoms with Crippen molar-refractivity contribution >= 4 is 72.8 Å². The molecule has 0 spiro atoms. The number of carbonyl (C=O) groups excluding carboxylic acids is 1. The lowest BCUT2D eigenvalue weighted by Gasteiger charge is -2.25. The molecule has 0 unspecified atom stereocenters. The lowest BCUT2D eigenvalue weighted by Crippen LogP contribution is -2.34. The molecule has 0 aliphatic heterocycles. The van der Waals surface area contributed by atoms with Crippen LogP contribution >= 0.6 is 39.1 Å². The summed E-state index contributed by atoms with van der Waals surface area (Å²) in [5.74, 6) is -0.643. The maximum atomic E-state index is 14.8. The van der Waals surface area contributed by atoms with E-state index in [1.807, 2.05) is 0 Å². The average Bonchev–Trinajstić information content (AvgIpc) is 2.92. The Labute approximate surface area is 167 Å². The summed E-state index contributed by atoms with van der Waals surface area (Å²) >= 11 is 15.7. The molecule has 5 nitrogen and oxygen atoms in total. The van der Waals surface area contributed by atoms with Crippen molar-refractivity contribution in [3.63, 3.8) is 0 Å². The second-order valence-corrected chi connectivity index (χ2v) is 8.39. The molecule has 0 radical (unpaired) electrons. The van der Waals surface area contributed by atoms with Crippen molar-refractivity contribution in [3.8, 4) is 0 Å². The molecule has 2 aromatic heterocycles. The first-order chi connectivity index (χ1) is 12.0. The quantitative estimate of drug-likeness (QED) is 0.461. The number of fused-ring (bicyclic) bond motifs is 3. The fourth-order valence-corrected chi connectivity index (χ4v) is 3.31. The maximum Gasteiger partial charge on any atom is 0.414 e. The molecule has 3 aromatic rings. The number of benzene rings is 1. The molecule has 0 saturated heterocycles. The van der Waals surface area contributed by atoms with Crippen LogP contribution in [0, 0.1) is 5.82 Å². The van der Waals surface area contributed by atoms with Crippen LogP contribution in [0.15, 0.2) is 16.7 Å². The molecule has 2 heterocycles. The van der Waals surface area contributed by atoms with Crippen LogP contribution in [0.3, 0.4) is 0 Å². The third-order valence-electron chi connectivity index (χ3n) is 3.69. The second-order valence-electron chi connectivity index (χ2n) is 6.75. The average molecular weight is 463 g/mol. The number of hydrogen-bond acceptors (Lipinski definition) is 3. The predicted octanol–water partition coefficient (Wildman–Crippen LogP) is 6.30. The molecule has 0 aliphatic rings. The maximum absolute atomic E-state index is 14.8. The highest BCUT2D eigenvalue weighted by atomic mass is 79.9. The SMILES string of the molecule is CN(C(=O)OC(C)(C)C)c1cc(Cl)c(F)c2c1[nH]c1ncc(Br)c(Cl)c12. The number of anilines is 1. The first-order valence-corrected chi connectivity index (χ1v) is 9.16. The van der Waals surface area contributed by atoms with Gasteiger partial charge in [-0.3, -0.25) is 4.90 Å². The standard InChI is InChI=1S/C17H15BrCl2FN3O2/c1-17(2,3)26-16(25)24(4)9-5-8(19)13(21)11-10-12(20)7(18)6-22-15(10)23-14(9)11/h5-6H,1-4H3,(H,22,23). The van der Waals surface area contributed by atoms with Crippen molar-refractivity contribution in [3.05, 3.63) is 32.6 Å². The molecule has 0 fully saturated rings. The zero-order valence-corrected chi connectivity index (χ0v) is 17.5. The van der Waals surface area contributed by atoms with E-state index >= 15 is 0 Å². The smallest absolute Gasteiger partial charge is 0.414 e. The van der Waals surface area contributed by atoms with Gasteiger partial charge >= 0.3 is 6.09 Å². The van der Waals surface area contributed by atoms with Gasteiger partial charge in [-0.05, 0) is 42.8 Å². The summed E-state index contributed by atoms with van der Waals surface area (Å²) in [7, 11) is 1.52. The van der Waals surface area contributed by atoms with Gasteiger partial charge in [0.25, 0.3) is 0 Å². The molecule has 0 bridgehead atoms. The Morgan fingerprint density at radius 3 is 2.62 bits per heavy atom. The molecule has 26 heavy (non-hydrogen) atoms. The number of nitrogens with one attached hydrogen (secondary N) is 1. The Bertz CT molecular complexity index is 1050. The highest BCUT2D eigenvalue weighted by molar-refractivity contribution is 9.10. The number of pyridine rings is 1. The van der Waals surface area contributed by atoms with Gasteiger partial charge in [0.05, 0.1) is 25.7 Å². The van der Waals surface area contributed by atoms with Crippen LogP contribution in [0.25, 0.3) is 21.9 Å². The first kappa shape index (κ1) is 19.2. The van der Waals surface area contributed by atoms with Gasteiger partial charge in [-0.2, -0.15) is 0 Å². The van der Waals surface area contributed by atoms with Gasteiger partial charge in [-0.1, -0.05) is 23.2 Å². The van der Waals surface area contributed by atoms with Gasteiger partial charge < -0.3 is 9.72 Å². The highest BCUT2D eigenvalue weighted by Crippen LogP contribution is 2.41. The minimum absolute atomic E-state index is 0.139. The minimum Gasteiger partial charge on any atom is -0.443 e. The summed E-state index contributed by atoms with van der Waals surface area (Å²) in [5, 5.41) is 0.708. The number of nitrogens with zero attached hydrogens (tertiary/aromatic N) is 2. The van der Waals surface area contributed by atoms with Gasteiger partial charge in [-0.25, -0.2) is 14.2 Å². The van der Waals surface area contributed by atoms with Gasteiger partial charge in [0.1, 0.15) is 11.2 Å². The van der Waals surface area contributed by atoms with E-state index in [0.717, 1.165) is 0 Å². The summed E-state index contributed by atoms with van der Waals surface area (Å²) in [6, 6.07) is 1.36. The first-order valence-electron chi connectivity index (χ1n) is 7.61. The van der Waals surface area contributed by atoms with Gasteiger partial charge in [0.2, 0.25) is 0 Å². The van der Waals surface area contributed by atoms with Gasteiger partial charge in [0.15, 0.2) is 5.82 Å². The molecule has 0 atom stereocenters. The Balaban J connectivity index is 2.29. The number of hydrogen-bond donors (Lipinski definition) is 1. The zero-order chi connectivity index (χ0) is 19.4. The van der Waals surface area contributed by atoms with Crippen LogP contribution < -0.4 is 4.90 Å². The van der Waals surface area contributed by atoms with Crippen molar-refractivity contribution in [2.45, 2.75) is 26.4 Å². The van der Waals surface area contributed by atoms with Crippen molar-refractivity contribution in [2.75, 3.05) is 11.9 Å². The van der Waals surface area contributed by atoms with Gasteiger partial charge in [-0.15, -0.1) is 0 Å². The number of aromatic amines is 1.